The summed E-state index contributed by atoms with van der Waals surface area (Å²) in [5, 5.41) is 0. The second-order valence-corrected chi connectivity index (χ2v) is 19.9. The van der Waals surface area contributed by atoms with Crippen molar-refractivity contribution in [3.05, 3.63) is 36.5 Å². The van der Waals surface area contributed by atoms with Gasteiger partial charge in [0.25, 0.3) is 0 Å². The van der Waals surface area contributed by atoms with Crippen molar-refractivity contribution in [3.8, 4) is 0 Å². The van der Waals surface area contributed by atoms with E-state index in [0.717, 1.165) is 83.5 Å². The molecule has 67 heavy (non-hydrogen) atoms. The third kappa shape index (κ3) is 54.4. The van der Waals surface area contributed by atoms with Crippen LogP contribution >= 0.6 is 0 Å². The monoisotopic (exact) mass is 941 g/mol. The Bertz CT molecular complexity index is 1130. The van der Waals surface area contributed by atoms with Crippen LogP contribution in [0.25, 0.3) is 0 Å². The second kappa shape index (κ2) is 56.2. The van der Waals surface area contributed by atoms with Gasteiger partial charge in [0.15, 0.2) is 6.10 Å². The Morgan fingerprint density at radius 1 is 0.313 bits per heavy atom. The van der Waals surface area contributed by atoms with Crippen LogP contribution in [-0.4, -0.2) is 37.2 Å². The number of esters is 3. The van der Waals surface area contributed by atoms with Crippen molar-refractivity contribution in [2.24, 2.45) is 0 Å². The highest BCUT2D eigenvalue weighted by Crippen LogP contribution is 2.17. The topological polar surface area (TPSA) is 78.9 Å². The number of carbonyl (C=O) groups excluding carboxylic acids is 3. The quantitative estimate of drug-likeness (QED) is 0.0262. The van der Waals surface area contributed by atoms with Gasteiger partial charge in [0.05, 0.1) is 0 Å². The minimum atomic E-state index is -0.773. The molecule has 0 spiro atoms. The summed E-state index contributed by atoms with van der Waals surface area (Å²) in [5.74, 6) is -0.860. The minimum absolute atomic E-state index is 0.0711. The summed E-state index contributed by atoms with van der Waals surface area (Å²) in [6, 6.07) is 0. The van der Waals surface area contributed by atoms with Crippen LogP contribution in [0.3, 0.4) is 0 Å². The molecule has 0 aliphatic carbocycles. The van der Waals surface area contributed by atoms with Crippen LogP contribution in [0.15, 0.2) is 36.5 Å². The highest BCUT2D eigenvalue weighted by Gasteiger charge is 2.19. The van der Waals surface area contributed by atoms with E-state index in [1.54, 1.807) is 0 Å². The van der Waals surface area contributed by atoms with E-state index >= 15 is 0 Å². The molecule has 0 heterocycles. The van der Waals surface area contributed by atoms with Crippen LogP contribution in [0.1, 0.15) is 316 Å². The number of hydrogen-bond acceptors (Lipinski definition) is 6. The van der Waals surface area contributed by atoms with E-state index in [2.05, 4.69) is 57.2 Å². The molecule has 6 nitrogen and oxygen atoms in total. The largest absolute Gasteiger partial charge is 0.462 e. The Kier molecular flexibility index (Phi) is 54.2. The van der Waals surface area contributed by atoms with Gasteiger partial charge in [-0.05, 0) is 51.4 Å². The predicted octanol–water partition coefficient (Wildman–Crippen LogP) is 19.7. The molecule has 6 heteroatoms. The number of hydrogen-bond donors (Lipinski definition) is 0. The van der Waals surface area contributed by atoms with Gasteiger partial charge in [0, 0.05) is 19.3 Å². The van der Waals surface area contributed by atoms with E-state index in [1.807, 2.05) is 0 Å². The molecular weight excluding hydrogens is 829 g/mol. The zero-order chi connectivity index (χ0) is 48.6. The molecule has 0 bridgehead atoms. The van der Waals surface area contributed by atoms with Crippen LogP contribution in [0.4, 0.5) is 0 Å². The summed E-state index contributed by atoms with van der Waals surface area (Å²) in [5.41, 5.74) is 0. The Labute approximate surface area is 416 Å². The van der Waals surface area contributed by atoms with Gasteiger partial charge in [-0.15, -0.1) is 0 Å². The number of unbranched alkanes of at least 4 members (excludes halogenated alkanes) is 37. The molecule has 1 unspecified atom stereocenters. The third-order valence-electron chi connectivity index (χ3n) is 13.2. The predicted molar refractivity (Wildman–Crippen MR) is 289 cm³/mol. The summed E-state index contributed by atoms with van der Waals surface area (Å²) >= 11 is 0. The lowest BCUT2D eigenvalue weighted by Gasteiger charge is -2.18. The SMILES string of the molecule is CC/C=C\C/C=C\C/C=C\CCCCCCCCCC(=O)OC(COC(=O)CCCCCCCCCCCCCCCC)COC(=O)CCCCCCCCCCCCCCCCCCCC. The Morgan fingerprint density at radius 3 is 0.910 bits per heavy atom. The first kappa shape index (κ1) is 64.6. The van der Waals surface area contributed by atoms with Gasteiger partial charge in [-0.3, -0.25) is 14.4 Å². The second-order valence-electron chi connectivity index (χ2n) is 19.9. The fourth-order valence-corrected chi connectivity index (χ4v) is 8.75. The summed E-state index contributed by atoms with van der Waals surface area (Å²) < 4.78 is 16.9. The smallest absolute Gasteiger partial charge is 0.306 e. The molecule has 0 aromatic heterocycles. The van der Waals surface area contributed by atoms with Crippen molar-refractivity contribution in [3.63, 3.8) is 0 Å². The Hall–Kier alpha value is -2.37. The summed E-state index contributed by atoms with van der Waals surface area (Å²) in [7, 11) is 0. The van der Waals surface area contributed by atoms with E-state index in [-0.39, 0.29) is 31.1 Å². The molecule has 0 N–H and O–H groups in total. The molecule has 0 rings (SSSR count). The maximum absolute atomic E-state index is 12.9. The summed E-state index contributed by atoms with van der Waals surface area (Å²) in [6.07, 6.45) is 67.0. The first-order chi connectivity index (χ1) is 33.0. The molecule has 0 saturated carbocycles. The van der Waals surface area contributed by atoms with Gasteiger partial charge in [0.2, 0.25) is 0 Å². The van der Waals surface area contributed by atoms with Crippen molar-refractivity contribution in [1.29, 1.82) is 0 Å². The molecule has 0 fully saturated rings. The van der Waals surface area contributed by atoms with E-state index in [9.17, 15) is 14.4 Å². The van der Waals surface area contributed by atoms with Crippen molar-refractivity contribution >= 4 is 17.9 Å². The molecule has 0 aromatic carbocycles. The summed E-state index contributed by atoms with van der Waals surface area (Å²) in [6.45, 7) is 6.57. The maximum Gasteiger partial charge on any atom is 0.306 e. The zero-order valence-electron chi connectivity index (χ0n) is 44.9. The Balaban J connectivity index is 4.33. The van der Waals surface area contributed by atoms with E-state index in [0.29, 0.717) is 19.3 Å². The average molecular weight is 942 g/mol. The van der Waals surface area contributed by atoms with Crippen molar-refractivity contribution in [1.82, 2.24) is 0 Å². The van der Waals surface area contributed by atoms with Gasteiger partial charge in [-0.25, -0.2) is 0 Å². The minimum Gasteiger partial charge on any atom is -0.462 e. The summed E-state index contributed by atoms with van der Waals surface area (Å²) in [4.78, 5) is 38.2. The standard InChI is InChI=1S/C61H112O6/c1-4-7-10-13-16-19-22-25-28-30-32-33-36-39-42-45-48-51-54-60(63)66-57-58(56-65-59(62)53-50-47-44-41-38-35-27-24-21-18-15-12-9-6-3)67-61(64)55-52-49-46-43-40-37-34-31-29-26-23-20-17-14-11-8-5-2/h8,11,17,20,26,29,58H,4-7,9-10,12-16,18-19,21-25,27-28,30-57H2,1-3H3/b11-8-,20-17-,29-26-. The first-order valence-corrected chi connectivity index (χ1v) is 29.5. The van der Waals surface area contributed by atoms with Crippen LogP contribution < -0.4 is 0 Å². The lowest BCUT2D eigenvalue weighted by atomic mass is 10.0. The van der Waals surface area contributed by atoms with Gasteiger partial charge >= 0.3 is 17.9 Å². The molecule has 0 aliphatic heterocycles. The van der Waals surface area contributed by atoms with Gasteiger partial charge in [-0.2, -0.15) is 0 Å². The molecule has 0 saturated heterocycles. The fraction of sp³-hybridized carbons (Fsp3) is 0.852. The molecule has 392 valence electrons. The number of carbonyl (C=O) groups is 3. The molecule has 0 aliphatic rings. The highest BCUT2D eigenvalue weighted by molar-refractivity contribution is 5.71. The molecule has 1 atom stereocenters. The molecular formula is C61H112O6. The van der Waals surface area contributed by atoms with E-state index in [1.165, 1.54) is 193 Å². The zero-order valence-corrected chi connectivity index (χ0v) is 44.9. The number of ether oxygens (including phenoxy) is 3. The van der Waals surface area contributed by atoms with Crippen LogP contribution in [0.2, 0.25) is 0 Å². The Morgan fingerprint density at radius 2 is 0.582 bits per heavy atom. The lowest BCUT2D eigenvalue weighted by molar-refractivity contribution is -0.167. The third-order valence-corrected chi connectivity index (χ3v) is 13.2. The van der Waals surface area contributed by atoms with Gasteiger partial charge in [-0.1, -0.05) is 282 Å². The number of allylic oxidation sites excluding steroid dienone is 6. The maximum atomic E-state index is 12.9. The van der Waals surface area contributed by atoms with Crippen molar-refractivity contribution in [2.45, 2.75) is 322 Å². The van der Waals surface area contributed by atoms with Crippen LogP contribution in [-0.2, 0) is 28.6 Å². The van der Waals surface area contributed by atoms with E-state index in [4.69, 9.17) is 14.2 Å². The normalized spacial score (nSPS) is 12.2. The highest BCUT2D eigenvalue weighted by atomic mass is 16.6. The lowest BCUT2D eigenvalue weighted by Crippen LogP contribution is -2.30. The van der Waals surface area contributed by atoms with Crippen molar-refractivity contribution < 1.29 is 28.6 Å². The van der Waals surface area contributed by atoms with Crippen molar-refractivity contribution in [2.75, 3.05) is 13.2 Å². The van der Waals surface area contributed by atoms with Crippen LogP contribution in [0, 0.1) is 0 Å². The van der Waals surface area contributed by atoms with Crippen LogP contribution in [0.5, 0.6) is 0 Å². The molecule has 0 radical (unpaired) electrons. The van der Waals surface area contributed by atoms with E-state index < -0.39 is 6.10 Å². The average Bonchev–Trinajstić information content (AvgIpc) is 3.33. The fourth-order valence-electron chi connectivity index (χ4n) is 8.75. The number of rotatable bonds is 54. The van der Waals surface area contributed by atoms with Gasteiger partial charge in [0.1, 0.15) is 13.2 Å². The van der Waals surface area contributed by atoms with Gasteiger partial charge < -0.3 is 14.2 Å². The first-order valence-electron chi connectivity index (χ1n) is 29.5. The molecule has 0 amide bonds. The molecule has 0 aromatic rings.